The number of ether oxygens (including phenoxy) is 1. The molecular weight excluding hydrogens is 288 g/mol. The van der Waals surface area contributed by atoms with E-state index in [4.69, 9.17) is 4.74 Å². The van der Waals surface area contributed by atoms with E-state index in [1.807, 2.05) is 0 Å². The molecule has 0 unspecified atom stereocenters. The van der Waals surface area contributed by atoms with Crippen molar-refractivity contribution < 1.29 is 13.5 Å². The van der Waals surface area contributed by atoms with Gasteiger partial charge >= 0.3 is 0 Å². The Bertz CT molecular complexity index is 468. The number of aromatic nitrogens is 1. The van der Waals surface area contributed by atoms with Crippen molar-refractivity contribution >= 4 is 27.3 Å². The summed E-state index contributed by atoms with van der Waals surface area (Å²) in [5, 5.41) is 2.04. The van der Waals surface area contributed by atoms with Crippen LogP contribution in [0.25, 0.3) is 0 Å². The van der Waals surface area contributed by atoms with E-state index in [1.165, 1.54) is 11.3 Å². The topological polar surface area (TPSA) is 22.1 Å². The van der Waals surface area contributed by atoms with E-state index in [0.717, 1.165) is 18.2 Å². The maximum atomic E-state index is 12.8. The Kier molecular flexibility index (Phi) is 2.97. The molecule has 0 saturated heterocycles. The van der Waals surface area contributed by atoms with E-state index < -0.39 is 11.6 Å². The van der Waals surface area contributed by atoms with Gasteiger partial charge < -0.3 is 4.74 Å². The molecule has 78 valence electrons. The van der Waals surface area contributed by atoms with E-state index >= 15 is 0 Å². The average molecular weight is 292 g/mol. The van der Waals surface area contributed by atoms with Crippen molar-refractivity contribution in [2.45, 2.75) is 0 Å². The van der Waals surface area contributed by atoms with Crippen LogP contribution in [0, 0.1) is 11.6 Å². The summed E-state index contributed by atoms with van der Waals surface area (Å²) in [5.41, 5.74) is 0. The molecule has 1 aromatic carbocycles. The number of hydrogen-bond acceptors (Lipinski definition) is 3. The Morgan fingerprint density at radius 1 is 1.20 bits per heavy atom. The number of thiazole rings is 1. The molecular formula is C9H4BrF2NOS. The maximum Gasteiger partial charge on any atom is 0.279 e. The highest BCUT2D eigenvalue weighted by Gasteiger charge is 2.05. The van der Waals surface area contributed by atoms with Crippen LogP contribution in [0.4, 0.5) is 8.78 Å². The third-order valence-electron chi connectivity index (χ3n) is 1.50. The molecule has 0 aliphatic rings. The zero-order valence-electron chi connectivity index (χ0n) is 7.21. The molecule has 2 rings (SSSR count). The molecule has 1 aromatic heterocycles. The summed E-state index contributed by atoms with van der Waals surface area (Å²) in [7, 11) is 0. The van der Waals surface area contributed by atoms with Crippen LogP contribution >= 0.6 is 27.3 Å². The molecule has 15 heavy (non-hydrogen) atoms. The van der Waals surface area contributed by atoms with Gasteiger partial charge in [-0.05, 0) is 15.9 Å². The van der Waals surface area contributed by atoms with Gasteiger partial charge in [0.1, 0.15) is 22.0 Å². The lowest BCUT2D eigenvalue weighted by Gasteiger charge is -2.01. The molecule has 2 aromatic rings. The number of rotatable bonds is 2. The van der Waals surface area contributed by atoms with E-state index in [9.17, 15) is 8.78 Å². The molecule has 1 heterocycles. The fraction of sp³-hybridized carbons (Fsp3) is 0. The Labute approximate surface area is 96.7 Å². The van der Waals surface area contributed by atoms with E-state index in [0.29, 0.717) is 9.80 Å². The normalized spacial score (nSPS) is 10.3. The van der Waals surface area contributed by atoms with E-state index in [2.05, 4.69) is 20.9 Å². The molecule has 0 saturated carbocycles. The van der Waals surface area contributed by atoms with Gasteiger partial charge in [0.05, 0.1) is 0 Å². The second-order valence-corrected chi connectivity index (χ2v) is 4.28. The lowest BCUT2D eigenvalue weighted by molar-refractivity contribution is 0.464. The summed E-state index contributed by atoms with van der Waals surface area (Å²) in [5.74, 6) is -1.27. The number of nitrogens with zero attached hydrogens (tertiary/aromatic N) is 1. The maximum absolute atomic E-state index is 12.8. The van der Waals surface area contributed by atoms with Gasteiger partial charge in [0.25, 0.3) is 5.19 Å². The van der Waals surface area contributed by atoms with Crippen molar-refractivity contribution in [2.24, 2.45) is 0 Å². The number of benzene rings is 1. The Morgan fingerprint density at radius 2 is 1.87 bits per heavy atom. The molecule has 0 atom stereocenters. The van der Waals surface area contributed by atoms with Gasteiger partial charge in [0, 0.05) is 23.6 Å². The van der Waals surface area contributed by atoms with E-state index in [1.54, 1.807) is 5.38 Å². The quantitative estimate of drug-likeness (QED) is 0.835. The standard InChI is InChI=1S/C9H4BrF2NOS/c10-8-4-15-9(13-8)14-7-2-5(11)1-6(12)3-7/h1-4H. The summed E-state index contributed by atoms with van der Waals surface area (Å²) in [6.07, 6.45) is 0. The van der Waals surface area contributed by atoms with Gasteiger partial charge in [-0.15, -0.1) is 0 Å². The second-order valence-electron chi connectivity index (χ2n) is 2.64. The van der Waals surface area contributed by atoms with Gasteiger partial charge in [-0.25, -0.2) is 8.78 Å². The van der Waals surface area contributed by atoms with Crippen molar-refractivity contribution in [1.82, 2.24) is 4.98 Å². The van der Waals surface area contributed by atoms with Gasteiger partial charge in [0.2, 0.25) is 0 Å². The first kappa shape index (κ1) is 10.5. The molecule has 0 bridgehead atoms. The second kappa shape index (κ2) is 4.24. The first-order valence-electron chi connectivity index (χ1n) is 3.88. The minimum Gasteiger partial charge on any atom is -0.431 e. The van der Waals surface area contributed by atoms with Crippen LogP contribution in [0.3, 0.4) is 0 Å². The highest BCUT2D eigenvalue weighted by molar-refractivity contribution is 9.10. The van der Waals surface area contributed by atoms with Crippen molar-refractivity contribution in [3.05, 3.63) is 39.8 Å². The summed E-state index contributed by atoms with van der Waals surface area (Å²) < 4.78 is 31.4. The van der Waals surface area contributed by atoms with Crippen LogP contribution in [-0.4, -0.2) is 4.98 Å². The SMILES string of the molecule is Fc1cc(F)cc(Oc2nc(Br)cs2)c1. The Balaban J connectivity index is 2.24. The van der Waals surface area contributed by atoms with Crippen molar-refractivity contribution in [3.8, 4) is 10.9 Å². The molecule has 0 aliphatic carbocycles. The first-order chi connectivity index (χ1) is 7.13. The average Bonchev–Trinajstić information content (AvgIpc) is 2.49. The predicted molar refractivity (Wildman–Crippen MR) is 56.2 cm³/mol. The van der Waals surface area contributed by atoms with Crippen LogP contribution in [0.1, 0.15) is 0 Å². The van der Waals surface area contributed by atoms with E-state index in [-0.39, 0.29) is 5.75 Å². The Hall–Kier alpha value is -1.01. The van der Waals surface area contributed by atoms with Crippen molar-refractivity contribution in [2.75, 3.05) is 0 Å². The van der Waals surface area contributed by atoms with Gasteiger partial charge in [-0.1, -0.05) is 11.3 Å². The number of halogens is 3. The van der Waals surface area contributed by atoms with Crippen LogP contribution in [-0.2, 0) is 0 Å². The summed E-state index contributed by atoms with van der Waals surface area (Å²) in [4.78, 5) is 3.93. The fourth-order valence-corrected chi connectivity index (χ4v) is 2.08. The van der Waals surface area contributed by atoms with Crippen LogP contribution < -0.4 is 4.74 Å². The van der Waals surface area contributed by atoms with Crippen molar-refractivity contribution in [1.29, 1.82) is 0 Å². The van der Waals surface area contributed by atoms with Gasteiger partial charge in [-0.3, -0.25) is 0 Å². The van der Waals surface area contributed by atoms with Crippen LogP contribution in [0.5, 0.6) is 10.9 Å². The third-order valence-corrected chi connectivity index (χ3v) is 2.92. The lowest BCUT2D eigenvalue weighted by Crippen LogP contribution is -1.86. The minimum atomic E-state index is -0.680. The monoisotopic (exact) mass is 291 g/mol. The zero-order valence-corrected chi connectivity index (χ0v) is 9.61. The summed E-state index contributed by atoms with van der Waals surface area (Å²) >= 11 is 4.38. The molecule has 0 N–H and O–H groups in total. The third kappa shape index (κ3) is 2.73. The fourth-order valence-electron chi connectivity index (χ4n) is 0.974. The molecule has 6 heteroatoms. The largest absolute Gasteiger partial charge is 0.431 e. The predicted octanol–water partition coefficient (Wildman–Crippen LogP) is 3.98. The molecule has 0 amide bonds. The number of hydrogen-bond donors (Lipinski definition) is 0. The molecule has 0 aliphatic heterocycles. The van der Waals surface area contributed by atoms with Gasteiger partial charge in [0.15, 0.2) is 0 Å². The van der Waals surface area contributed by atoms with Crippen molar-refractivity contribution in [3.63, 3.8) is 0 Å². The Morgan fingerprint density at radius 3 is 2.40 bits per heavy atom. The first-order valence-corrected chi connectivity index (χ1v) is 5.56. The molecule has 2 nitrogen and oxygen atoms in total. The zero-order chi connectivity index (χ0) is 10.8. The van der Waals surface area contributed by atoms with Gasteiger partial charge in [-0.2, -0.15) is 4.98 Å². The van der Waals surface area contributed by atoms with Crippen LogP contribution in [0.15, 0.2) is 28.2 Å². The smallest absolute Gasteiger partial charge is 0.279 e. The highest BCUT2D eigenvalue weighted by atomic mass is 79.9. The summed E-state index contributed by atoms with van der Waals surface area (Å²) in [6, 6.07) is 2.97. The highest BCUT2D eigenvalue weighted by Crippen LogP contribution is 2.27. The van der Waals surface area contributed by atoms with Crippen LogP contribution in [0.2, 0.25) is 0 Å². The molecule has 0 radical (unpaired) electrons. The molecule has 0 fully saturated rings. The summed E-state index contributed by atoms with van der Waals surface area (Å²) in [6.45, 7) is 0. The lowest BCUT2D eigenvalue weighted by atomic mass is 10.3. The minimum absolute atomic E-state index is 0.0920. The molecule has 0 spiro atoms.